The number of rotatable bonds is 21. The van der Waals surface area contributed by atoms with Crippen LogP contribution in [0, 0.1) is 10.7 Å². The summed E-state index contributed by atoms with van der Waals surface area (Å²) in [5.74, 6) is 4.85. The summed E-state index contributed by atoms with van der Waals surface area (Å²) >= 11 is 6.84. The van der Waals surface area contributed by atoms with Gasteiger partial charge in [0.1, 0.15) is 39.6 Å². The average Bonchev–Trinajstić information content (AvgIpc) is 1.70. The van der Waals surface area contributed by atoms with Crippen LogP contribution in [0.25, 0.3) is 0 Å². The van der Waals surface area contributed by atoms with Gasteiger partial charge < -0.3 is 28.4 Å². The molecular formula is C78H66I3O6S3+3. The molecule has 90 heavy (non-hydrogen) atoms. The summed E-state index contributed by atoms with van der Waals surface area (Å²) in [6, 6.07) is 112. The third kappa shape index (κ3) is 19.6. The first-order valence-electron chi connectivity index (χ1n) is 29.2. The molecule has 0 spiro atoms. The maximum Gasteiger partial charge on any atom is 0.238 e. The Morgan fingerprint density at radius 3 is 0.856 bits per heavy atom. The Hall–Kier alpha value is -7.32. The van der Waals surface area contributed by atoms with Crippen LogP contribution in [0.15, 0.2) is 372 Å². The van der Waals surface area contributed by atoms with Crippen LogP contribution in [0.4, 0.5) is 0 Å². The van der Waals surface area contributed by atoms with Crippen LogP contribution in [0.3, 0.4) is 0 Å². The number of hydrogen-bond donors (Lipinski definition) is 0. The van der Waals surface area contributed by atoms with Gasteiger partial charge in [-0.1, -0.05) is 146 Å². The average molecular weight is 1580 g/mol. The molecule has 0 bridgehead atoms. The van der Waals surface area contributed by atoms with Crippen LogP contribution in [-0.4, -0.2) is 18.9 Å². The monoisotopic (exact) mass is 1580 g/mol. The second kappa shape index (κ2) is 34.2. The van der Waals surface area contributed by atoms with Crippen molar-refractivity contribution < 1.29 is 28.4 Å². The third-order valence-electron chi connectivity index (χ3n) is 13.2. The van der Waals surface area contributed by atoms with Crippen LogP contribution < -0.4 is 28.4 Å². The molecule has 3 unspecified atom stereocenters. The minimum Gasteiger partial charge on any atom is -0.455 e. The quantitative estimate of drug-likeness (QED) is 0.0406. The van der Waals surface area contributed by atoms with Crippen molar-refractivity contribution in [3.63, 3.8) is 0 Å². The van der Waals surface area contributed by atoms with E-state index >= 15 is 0 Å². The van der Waals surface area contributed by atoms with E-state index in [9.17, 15) is 0 Å². The molecule has 12 heteroatoms. The fourth-order valence-corrected chi connectivity index (χ4v) is 17.3. The molecule has 3 atom stereocenters. The fraction of sp³-hybridized carbons (Fsp3) is 0.0769. The normalized spacial score (nSPS) is 11.8. The second-order valence-corrected chi connectivity index (χ2v) is 29.8. The van der Waals surface area contributed by atoms with E-state index in [0.29, 0.717) is 0 Å². The van der Waals surface area contributed by atoms with Crippen LogP contribution in [0.2, 0.25) is 0 Å². The molecule has 0 amide bonds. The fourth-order valence-electron chi connectivity index (χ4n) is 9.42. The molecule has 6 nitrogen and oxygen atoms in total. The van der Waals surface area contributed by atoms with Gasteiger partial charge in [-0.05, 0) is 244 Å². The molecule has 450 valence electrons. The topological polar surface area (TPSA) is 55.4 Å². The van der Waals surface area contributed by atoms with Crippen molar-refractivity contribution in [2.24, 2.45) is 0 Å². The van der Waals surface area contributed by atoms with Gasteiger partial charge >= 0.3 is 0 Å². The highest BCUT2D eigenvalue weighted by Gasteiger charge is 2.33. The standard InChI is InChI=1S/3C26H22IO2S/c1-20(28-22-11-8-10-21(27)18-22)29-23-12-9-17-26(19-23)30(24-13-4-2-5-14-24)25-15-6-3-7-16-25;1-20(28-22-12-10-11-21(27)19-22)29-25-17-8-9-18-26(25)30(23-13-4-2-5-14-23)24-15-6-3-7-16-24;1-20(29-23-10-8-9-21(27)19-23)28-22-15-17-26(18-16-22)30(24-11-4-2-5-12-24)25-13-6-3-7-14-25/h3*2-20H,1H3/q3*+1. The Morgan fingerprint density at radius 1 is 0.222 bits per heavy atom. The van der Waals surface area contributed by atoms with Gasteiger partial charge in [0.15, 0.2) is 44.9 Å². The lowest BCUT2D eigenvalue weighted by Crippen LogP contribution is -2.21. The number of ether oxygens (including phenoxy) is 6. The van der Waals surface area contributed by atoms with E-state index in [0.717, 1.165) is 50.1 Å². The summed E-state index contributed by atoms with van der Waals surface area (Å²) in [6.45, 7) is 5.76. The van der Waals surface area contributed by atoms with E-state index in [1.165, 1.54) is 39.2 Å². The lowest BCUT2D eigenvalue weighted by atomic mass is 10.3. The Morgan fingerprint density at radius 2 is 0.489 bits per heavy atom. The highest BCUT2D eigenvalue weighted by molar-refractivity contribution is 14.1. The molecule has 0 aliphatic carbocycles. The molecule has 0 saturated carbocycles. The smallest absolute Gasteiger partial charge is 0.238 e. The van der Waals surface area contributed by atoms with Crippen molar-refractivity contribution in [2.45, 2.75) is 83.7 Å². The van der Waals surface area contributed by atoms with Gasteiger partial charge in [0.25, 0.3) is 0 Å². The molecule has 0 fully saturated rings. The molecule has 0 aliphatic rings. The summed E-state index contributed by atoms with van der Waals surface area (Å²) in [5.41, 5.74) is 0. The van der Waals surface area contributed by atoms with Gasteiger partial charge in [0, 0.05) is 37.5 Å². The summed E-state index contributed by atoms with van der Waals surface area (Å²) in [7, 11) is -0.634. The van der Waals surface area contributed by atoms with Crippen LogP contribution in [0.5, 0.6) is 34.5 Å². The zero-order valence-electron chi connectivity index (χ0n) is 49.7. The first-order valence-corrected chi connectivity index (χ1v) is 36.1. The van der Waals surface area contributed by atoms with E-state index in [1.54, 1.807) is 0 Å². The van der Waals surface area contributed by atoms with Gasteiger partial charge in [-0.15, -0.1) is 0 Å². The van der Waals surface area contributed by atoms with Crippen LogP contribution in [-0.2, 0) is 32.7 Å². The first kappa shape index (κ1) is 65.6. The number of hydrogen-bond acceptors (Lipinski definition) is 6. The Kier molecular flexibility index (Phi) is 24.9. The predicted molar refractivity (Wildman–Crippen MR) is 394 cm³/mol. The van der Waals surface area contributed by atoms with Crippen molar-refractivity contribution in [1.82, 2.24) is 0 Å². The Balaban J connectivity index is 0.000000148. The third-order valence-corrected chi connectivity index (χ3v) is 22.0. The Bertz CT molecular complexity index is 3970. The molecule has 0 aromatic heterocycles. The molecule has 12 aromatic rings. The summed E-state index contributed by atoms with van der Waals surface area (Å²) < 4.78 is 39.6. The molecule has 0 N–H and O–H groups in total. The number of halogens is 3. The van der Waals surface area contributed by atoms with Gasteiger partial charge in [-0.3, -0.25) is 0 Å². The molecule has 12 rings (SSSR count). The van der Waals surface area contributed by atoms with E-state index in [2.05, 4.69) is 292 Å². The largest absolute Gasteiger partial charge is 0.455 e. The molecule has 0 saturated heterocycles. The molecular weight excluding hydrogens is 1510 g/mol. The van der Waals surface area contributed by atoms with E-state index < -0.39 is 12.6 Å². The zero-order chi connectivity index (χ0) is 62.3. The van der Waals surface area contributed by atoms with E-state index in [1.807, 2.05) is 124 Å². The first-order chi connectivity index (χ1) is 44.1. The highest BCUT2D eigenvalue weighted by atomic mass is 127. The predicted octanol–water partition coefficient (Wildman–Crippen LogP) is 21.6. The minimum absolute atomic E-state index is 0.157. The van der Waals surface area contributed by atoms with Gasteiger partial charge in [0.2, 0.25) is 23.8 Å². The maximum absolute atomic E-state index is 6.30. The molecule has 0 heterocycles. The Labute approximate surface area is 579 Å². The van der Waals surface area contributed by atoms with Crippen molar-refractivity contribution >= 4 is 100 Å². The summed E-state index contributed by atoms with van der Waals surface area (Å²) in [4.78, 5) is 11.3. The van der Waals surface area contributed by atoms with Gasteiger partial charge in [-0.25, -0.2) is 0 Å². The van der Waals surface area contributed by atoms with Crippen LogP contribution >= 0.6 is 67.8 Å². The van der Waals surface area contributed by atoms with Crippen molar-refractivity contribution in [3.8, 4) is 34.5 Å². The summed E-state index contributed by atoms with van der Waals surface area (Å²) in [6.07, 6.45) is -1.19. The van der Waals surface area contributed by atoms with Crippen molar-refractivity contribution in [3.05, 3.63) is 338 Å². The molecule has 0 aliphatic heterocycles. The zero-order valence-corrected chi connectivity index (χ0v) is 58.6. The molecule has 12 aromatic carbocycles. The van der Waals surface area contributed by atoms with Gasteiger partial charge in [-0.2, -0.15) is 0 Å². The van der Waals surface area contributed by atoms with Crippen LogP contribution in [0.1, 0.15) is 20.8 Å². The number of benzene rings is 12. The molecule has 0 radical (unpaired) electrons. The lowest BCUT2D eigenvalue weighted by molar-refractivity contribution is 0.0199. The second-order valence-electron chi connectivity index (χ2n) is 20.0. The lowest BCUT2D eigenvalue weighted by Gasteiger charge is -2.18. The summed E-state index contributed by atoms with van der Waals surface area (Å²) in [5, 5.41) is 0. The van der Waals surface area contributed by atoms with Crippen molar-refractivity contribution in [2.75, 3.05) is 0 Å². The van der Waals surface area contributed by atoms with E-state index in [-0.39, 0.29) is 39.0 Å². The van der Waals surface area contributed by atoms with Gasteiger partial charge in [0.05, 0.1) is 21.8 Å². The van der Waals surface area contributed by atoms with Crippen molar-refractivity contribution in [1.29, 1.82) is 0 Å². The maximum atomic E-state index is 6.30. The van der Waals surface area contributed by atoms with E-state index in [4.69, 9.17) is 28.4 Å². The SMILES string of the molecule is CC(Oc1ccc([S+](c2ccccc2)c2ccccc2)cc1)Oc1cccc(I)c1.CC(Oc1cccc(I)c1)Oc1cccc([S+](c2ccccc2)c2ccccc2)c1.CC(Oc1cccc(I)c1)Oc1ccccc1[S+](c1ccccc1)c1ccccc1. The number of para-hydroxylation sites is 1. The minimum atomic E-state index is -0.415. The highest BCUT2D eigenvalue weighted by Crippen LogP contribution is 2.38.